The second-order valence-electron chi connectivity index (χ2n) is 28.3. The quantitative estimate of drug-likeness (QED) is 0.00778. The Morgan fingerprint density at radius 1 is 0.301 bits per heavy atom. The van der Waals surface area contributed by atoms with Crippen LogP contribution < -0.4 is 0 Å². The average molecular weight is 2100 g/mol. The van der Waals surface area contributed by atoms with Crippen molar-refractivity contribution in [2.45, 2.75) is 215 Å². The summed E-state index contributed by atoms with van der Waals surface area (Å²) in [7, 11) is -6.04. The summed E-state index contributed by atoms with van der Waals surface area (Å²) in [4.78, 5) is 29.8. The van der Waals surface area contributed by atoms with E-state index in [2.05, 4.69) is 45.9 Å². The van der Waals surface area contributed by atoms with Gasteiger partial charge in [-0.1, -0.05) is 32.3 Å². The van der Waals surface area contributed by atoms with Gasteiger partial charge in [0.05, 0.1) is 57.3 Å². The topological polar surface area (TPSA) is 744 Å². The lowest BCUT2D eigenvalue weighted by Gasteiger charge is -2.52. The van der Waals surface area contributed by atoms with E-state index in [9.17, 15) is 71.8 Å². The van der Waals surface area contributed by atoms with Crippen LogP contribution in [0.1, 0.15) is 20.7 Å². The fourth-order valence-corrected chi connectivity index (χ4v) is 18.6. The summed E-state index contributed by atoms with van der Waals surface area (Å²) >= 11 is -1.38. The van der Waals surface area contributed by atoms with Crippen LogP contribution in [0.15, 0.2) is 24.3 Å². The maximum atomic E-state index is 14.6. The van der Waals surface area contributed by atoms with Crippen LogP contribution in [-0.2, 0) is 236 Å². The number of carbonyl (C=O) groups is 2. The van der Waals surface area contributed by atoms with Crippen molar-refractivity contribution in [2.75, 3.05) is 139 Å². The molecule has 2 amide bonds. The molecular formula is C63H101NO61S8. The zero-order valence-electron chi connectivity index (χ0n) is 71.4. The van der Waals surface area contributed by atoms with E-state index in [1.807, 2.05) is 0 Å². The number of benzene rings is 1. The Hall–Kier alpha value is -2.48. The van der Waals surface area contributed by atoms with Crippen molar-refractivity contribution < 1.29 is 282 Å². The molecule has 772 valence electrons. The summed E-state index contributed by atoms with van der Waals surface area (Å²) in [6.07, 6.45) is -61.3. The Bertz CT molecular complexity index is 4090. The van der Waals surface area contributed by atoms with Crippen LogP contribution >= 0.6 is 49.3 Å². The number of fused-ring (bicyclic) bond motifs is 1. The van der Waals surface area contributed by atoms with Crippen molar-refractivity contribution in [2.24, 2.45) is 0 Å². The minimum atomic E-state index is -6.05. The van der Waals surface area contributed by atoms with E-state index in [0.717, 1.165) is 14.2 Å². The number of imide groups is 1. The lowest BCUT2D eigenvalue weighted by atomic mass is 9.94. The third-order valence-corrected chi connectivity index (χ3v) is 24.5. The number of methoxy groups -OCH3 is 13. The van der Waals surface area contributed by atoms with E-state index in [1.54, 1.807) is 0 Å². The summed E-state index contributed by atoms with van der Waals surface area (Å²) in [5, 5.41) is 61.8. The first-order chi connectivity index (χ1) is 63.5. The van der Waals surface area contributed by atoms with Crippen LogP contribution in [-0.4, -0.2) is 448 Å². The first-order valence-electron chi connectivity index (χ1n) is 38.1. The van der Waals surface area contributed by atoms with Gasteiger partial charge in [-0.2, -0.15) is 33.7 Å². The second kappa shape index (κ2) is 54.3. The Morgan fingerprint density at radius 2 is 0.549 bits per heavy atom. The third kappa shape index (κ3) is 30.1. The predicted molar refractivity (Wildman–Crippen MR) is 415 cm³/mol. The van der Waals surface area contributed by atoms with Crippen LogP contribution in [0, 0.1) is 0 Å². The molecule has 35 atom stereocenters. The van der Waals surface area contributed by atoms with Gasteiger partial charge < -0.3 is 128 Å². The average Bonchev–Trinajstić information content (AvgIpc) is 1.74. The van der Waals surface area contributed by atoms with Crippen molar-refractivity contribution in [3.05, 3.63) is 35.4 Å². The van der Waals surface area contributed by atoms with E-state index in [0.29, 0.717) is 4.90 Å². The molecule has 8 aliphatic rings. The molecule has 14 unspecified atom stereocenters. The van der Waals surface area contributed by atoms with E-state index in [-0.39, 0.29) is 61.3 Å². The van der Waals surface area contributed by atoms with E-state index < -0.39 is 314 Å². The molecule has 8 heterocycles. The molecule has 0 bridgehead atoms. The lowest BCUT2D eigenvalue weighted by molar-refractivity contribution is -0.437. The maximum absolute atomic E-state index is 14.6. The minimum absolute atomic E-state index is 0.137. The Morgan fingerprint density at radius 3 is 0.850 bits per heavy atom. The zero-order valence-corrected chi connectivity index (χ0v) is 78.0. The number of aliphatic hydroxyl groups is 1. The Balaban J connectivity index is 1.06. The fourth-order valence-electron chi connectivity index (χ4n) is 15.8. The molecule has 1 aromatic carbocycles. The van der Waals surface area contributed by atoms with Gasteiger partial charge >= 0.3 is 41.6 Å². The monoisotopic (exact) mass is 2100 g/mol. The summed E-state index contributed by atoms with van der Waals surface area (Å²) in [5.74, 6) is -1.91. The first kappa shape index (κ1) is 114. The normalized spacial score (nSPS) is 37.2. The molecule has 9 rings (SSSR count). The molecule has 62 nitrogen and oxygen atoms in total. The van der Waals surface area contributed by atoms with Crippen molar-refractivity contribution in [1.82, 2.24) is 4.90 Å². The van der Waals surface area contributed by atoms with Gasteiger partial charge in [0.15, 0.2) is 106 Å². The molecule has 1 aromatic rings. The van der Waals surface area contributed by atoms with Gasteiger partial charge in [0, 0.05) is 92.4 Å². The maximum Gasteiger partial charge on any atom is 0.397 e. The molecule has 0 aliphatic carbocycles. The second-order valence-corrected chi connectivity index (χ2v) is 34.5. The summed E-state index contributed by atoms with van der Waals surface area (Å²) in [6.45, 7) is -5.83. The smallest absolute Gasteiger partial charge is 0.382 e. The minimum Gasteiger partial charge on any atom is -0.382 e. The molecule has 70 heteroatoms. The number of ether oxygens (including phenoxy) is 26. The molecule has 7 saturated heterocycles. The molecule has 7 fully saturated rings. The highest BCUT2D eigenvalue weighted by atomic mass is 32.3. The molecule has 8 aliphatic heterocycles. The van der Waals surface area contributed by atoms with E-state index in [1.165, 1.54) is 102 Å². The number of rotatable bonds is 57. The van der Waals surface area contributed by atoms with Gasteiger partial charge in [0.1, 0.15) is 159 Å². The number of aliphatic hydroxyl groups excluding tert-OH is 1. The largest absolute Gasteiger partial charge is 0.397 e. The third-order valence-electron chi connectivity index (χ3n) is 21.1. The molecule has 0 saturated carbocycles. The van der Waals surface area contributed by atoms with E-state index in [4.69, 9.17) is 164 Å². The van der Waals surface area contributed by atoms with Crippen molar-refractivity contribution in [3.8, 4) is 0 Å². The predicted octanol–water partition coefficient (Wildman–Crippen LogP) is -3.13. The number of carbonyl (C=O) groups excluding carboxylic acids is 2. The van der Waals surface area contributed by atoms with Gasteiger partial charge in [-0.05, 0) is 12.1 Å². The van der Waals surface area contributed by atoms with Gasteiger partial charge in [0.25, 0.3) is 11.8 Å². The molecule has 9 N–H and O–H groups in total. The summed E-state index contributed by atoms with van der Waals surface area (Å²) < 4.78 is 361. The SMILES string of the molecule is COCC1O[C@@H](O[C@H]2C(OC)C(OC)[C@H](O[C@H]3C(OC)C(OC)[C@H](O[C@@H]4C(COS(=O)(=O)O)O[C@@H](O)C(OC)[C@H]4OC)O[C@H]3COC)O[C@H]2COC)C(OC)[C@@H](OC)[C@@H]1O[C@H]1OC(CN2C(=O)c3ccccc3C2=O)[C@@H](O[C@@H]2O[C@@H](COS(=O)(=O)O)[C@@H](O[C@H]3O[C@@H](COS(=O)(=O)O)[C@@H](OSOOO)C(OSOOO)C3OSOOO)C(OSOOO)C2OS(=O)(=O)O)[C@H](OC)C1OC. The lowest BCUT2D eigenvalue weighted by Crippen LogP contribution is -2.70. The van der Waals surface area contributed by atoms with Crippen LogP contribution in [0.25, 0.3) is 0 Å². The highest BCUT2D eigenvalue weighted by Crippen LogP contribution is 2.45. The number of hydrogen-bond donors (Lipinski definition) is 9. The molecule has 0 spiro atoms. The van der Waals surface area contributed by atoms with Gasteiger partial charge in [0.2, 0.25) is 0 Å². The van der Waals surface area contributed by atoms with Crippen LogP contribution in [0.2, 0.25) is 0 Å². The van der Waals surface area contributed by atoms with Gasteiger partial charge in [-0.25, -0.2) is 37.8 Å². The van der Waals surface area contributed by atoms with Gasteiger partial charge in [-0.15, -0.1) is 17.3 Å². The first-order valence-corrected chi connectivity index (χ1v) is 46.2. The highest BCUT2D eigenvalue weighted by Gasteiger charge is 2.63. The highest BCUT2D eigenvalue weighted by molar-refractivity contribution is 7.90. The molecular weight excluding hydrogens is 2000 g/mol. The Kier molecular flexibility index (Phi) is 46.6. The van der Waals surface area contributed by atoms with Crippen LogP contribution in [0.5, 0.6) is 0 Å². The summed E-state index contributed by atoms with van der Waals surface area (Å²) in [5.41, 5.74) is -0.274. The molecule has 0 radical (unpaired) electrons. The summed E-state index contributed by atoms with van der Waals surface area (Å²) in [6, 6.07) is 5.50. The van der Waals surface area contributed by atoms with Crippen molar-refractivity contribution >= 4 is 103 Å². The molecule has 0 aromatic heterocycles. The van der Waals surface area contributed by atoms with E-state index >= 15 is 0 Å². The van der Waals surface area contributed by atoms with Crippen LogP contribution in [0.3, 0.4) is 0 Å². The van der Waals surface area contributed by atoms with Crippen molar-refractivity contribution in [1.29, 1.82) is 0 Å². The number of hydrogen-bond acceptors (Lipinski definition) is 61. The standard InChI is InChI=1S/C63H101NO61S8/c1-84-19-28-35(43(89-6)50(94-11)59(102-28)109-36-29(20-85-2)103-60(51(95-12)44(36)90-7)110-37-30(21-86-3)104-61(52(96-13)45(37)91-8)111-38-31(22-97-130(72,73)74)100-57(67)48(92-9)41(38)87-4)108-58-49(93-10)42(88-5)34(27(101-58)18-64-55(65)25-16-14-15-17-26(25)56(64)66)107-63-54(117-133(81,82)83)46(114-127-123-119-69)39(32(105-63)23-98-131(75,76)77)112-62-53(116-129-125-121-71)47(115-128-124-120-70)40(113-126-122-118-68)33(106-62)24-99-132(78,79)80/h14-17,27-54,57-63,67-71H,18-24H2,1-13H3,(H,72,73,74)(H,75,76,77)(H,78,79,80)(H,81,82,83)/t27?,28?,29-,30-,31?,32-,33-,34+,35+,36+,37+,38+,39+,40+,41-,42-,43-,44?,45?,46?,47?,48?,49?,50?,51?,52?,53?,54?,57+,58+,59-,60-,61-,62+,63-/m0/s1. The zero-order chi connectivity index (χ0) is 97.4. The fraction of sp³-hybridized carbons (Fsp3) is 0.873. The van der Waals surface area contributed by atoms with Gasteiger partial charge in [-0.3, -0.25) is 49.4 Å². The Labute approximate surface area is 774 Å². The molecule has 133 heavy (non-hydrogen) atoms. The number of amides is 2. The number of nitrogens with zero attached hydrogens (tertiary/aromatic N) is 1. The van der Waals surface area contributed by atoms with Crippen molar-refractivity contribution in [3.63, 3.8) is 0 Å². The van der Waals surface area contributed by atoms with Crippen LogP contribution in [0.4, 0.5) is 0 Å².